The lowest BCUT2D eigenvalue weighted by Gasteiger charge is -2.34. The van der Waals surface area contributed by atoms with Gasteiger partial charge in [0.1, 0.15) is 0 Å². The zero-order valence-corrected chi connectivity index (χ0v) is 13.0. The summed E-state index contributed by atoms with van der Waals surface area (Å²) in [6.45, 7) is 2.91. The Morgan fingerprint density at radius 3 is 2.33 bits per heavy atom. The molecule has 0 aromatic heterocycles. The molecule has 5 nitrogen and oxygen atoms in total. The van der Waals surface area contributed by atoms with Gasteiger partial charge in [0, 0.05) is 13.6 Å². The van der Waals surface area contributed by atoms with Gasteiger partial charge in [-0.05, 0) is 51.7 Å². The molecule has 0 radical (unpaired) electrons. The van der Waals surface area contributed by atoms with Gasteiger partial charge in [-0.15, -0.1) is 0 Å². The van der Waals surface area contributed by atoms with Crippen molar-refractivity contribution in [1.29, 1.82) is 0 Å². The fraction of sp³-hybridized carbons (Fsp3) is 0.750. The van der Waals surface area contributed by atoms with Gasteiger partial charge in [0.2, 0.25) is 5.91 Å². The first-order valence-electron chi connectivity index (χ1n) is 7.80. The summed E-state index contributed by atoms with van der Waals surface area (Å²) in [5.41, 5.74) is 0. The predicted molar refractivity (Wildman–Crippen MR) is 80.8 cm³/mol. The van der Waals surface area contributed by atoms with E-state index in [9.17, 15) is 14.7 Å². The Labute approximate surface area is 126 Å². The molecule has 0 spiro atoms. The van der Waals surface area contributed by atoms with Crippen molar-refractivity contribution < 1.29 is 14.7 Å². The fourth-order valence-electron chi connectivity index (χ4n) is 3.37. The number of aliphatic carboxylic acids is 1. The fourth-order valence-corrected chi connectivity index (χ4v) is 3.37. The smallest absolute Gasteiger partial charge is 0.307 e. The normalized spacial score (nSPS) is 27.5. The van der Waals surface area contributed by atoms with Crippen molar-refractivity contribution in [2.45, 2.75) is 25.7 Å². The average molecular weight is 294 g/mol. The first-order chi connectivity index (χ1) is 9.99. The van der Waals surface area contributed by atoms with E-state index in [1.807, 2.05) is 19.2 Å². The van der Waals surface area contributed by atoms with Crippen LogP contribution in [-0.2, 0) is 9.59 Å². The summed E-state index contributed by atoms with van der Waals surface area (Å²) >= 11 is 0. The van der Waals surface area contributed by atoms with Crippen molar-refractivity contribution in [3.63, 3.8) is 0 Å². The molecule has 1 N–H and O–H groups in total. The Kier molecular flexibility index (Phi) is 5.39. The van der Waals surface area contributed by atoms with Crippen LogP contribution in [0.25, 0.3) is 0 Å². The van der Waals surface area contributed by atoms with E-state index < -0.39 is 17.8 Å². The SMILES string of the molecule is CN1CCC(CN(C)C(=O)[C@@H]2CC=CC[C@@H]2C(=O)O)CC1. The number of rotatable bonds is 4. The van der Waals surface area contributed by atoms with E-state index in [0.717, 1.165) is 32.5 Å². The van der Waals surface area contributed by atoms with Crippen LogP contribution in [0.4, 0.5) is 0 Å². The highest BCUT2D eigenvalue weighted by atomic mass is 16.4. The van der Waals surface area contributed by atoms with Gasteiger partial charge < -0.3 is 14.9 Å². The minimum absolute atomic E-state index is 0.00863. The summed E-state index contributed by atoms with van der Waals surface area (Å²) < 4.78 is 0. The molecule has 1 aliphatic heterocycles. The molecule has 1 saturated heterocycles. The standard InChI is InChI=1S/C16H26N2O3/c1-17-9-7-12(8-10-17)11-18(2)15(19)13-5-3-4-6-14(13)16(20)21/h3-4,12-14H,5-11H2,1-2H3,(H,20,21)/t13-,14+/m1/s1. The number of allylic oxidation sites excluding steroid dienone is 2. The first kappa shape index (κ1) is 16.0. The number of carbonyl (C=O) groups excluding carboxylic acids is 1. The lowest BCUT2D eigenvalue weighted by atomic mass is 9.82. The molecule has 0 saturated carbocycles. The van der Waals surface area contributed by atoms with Crippen molar-refractivity contribution in [3.05, 3.63) is 12.2 Å². The van der Waals surface area contributed by atoms with Crippen LogP contribution in [0.15, 0.2) is 12.2 Å². The third-order valence-corrected chi connectivity index (χ3v) is 4.81. The van der Waals surface area contributed by atoms with E-state index in [2.05, 4.69) is 11.9 Å². The molecule has 2 atom stereocenters. The Balaban J connectivity index is 1.92. The van der Waals surface area contributed by atoms with Crippen LogP contribution in [0, 0.1) is 17.8 Å². The molecule has 1 amide bonds. The third kappa shape index (κ3) is 4.06. The molecular formula is C16H26N2O3. The van der Waals surface area contributed by atoms with Crippen LogP contribution >= 0.6 is 0 Å². The van der Waals surface area contributed by atoms with Gasteiger partial charge in [-0.3, -0.25) is 9.59 Å². The van der Waals surface area contributed by atoms with Crippen molar-refractivity contribution in [1.82, 2.24) is 9.80 Å². The summed E-state index contributed by atoms with van der Waals surface area (Å²) in [7, 11) is 3.94. The zero-order chi connectivity index (χ0) is 15.4. The molecule has 2 rings (SSSR count). The minimum Gasteiger partial charge on any atom is -0.481 e. The first-order valence-corrected chi connectivity index (χ1v) is 7.80. The van der Waals surface area contributed by atoms with E-state index in [1.165, 1.54) is 0 Å². The van der Waals surface area contributed by atoms with Gasteiger partial charge in [0.05, 0.1) is 11.8 Å². The molecule has 5 heteroatoms. The number of carbonyl (C=O) groups is 2. The summed E-state index contributed by atoms with van der Waals surface area (Å²) in [4.78, 5) is 27.9. The highest BCUT2D eigenvalue weighted by Crippen LogP contribution is 2.28. The van der Waals surface area contributed by atoms with Crippen LogP contribution in [0.1, 0.15) is 25.7 Å². The van der Waals surface area contributed by atoms with Crippen LogP contribution in [-0.4, -0.2) is 60.5 Å². The molecule has 2 aliphatic rings. The number of piperidine rings is 1. The molecule has 0 bridgehead atoms. The molecule has 118 valence electrons. The summed E-state index contributed by atoms with van der Waals surface area (Å²) in [5.74, 6) is -1.29. The Morgan fingerprint density at radius 1 is 1.19 bits per heavy atom. The van der Waals surface area contributed by atoms with Gasteiger partial charge in [0.25, 0.3) is 0 Å². The number of hydrogen-bond donors (Lipinski definition) is 1. The monoisotopic (exact) mass is 294 g/mol. The van der Waals surface area contributed by atoms with Gasteiger partial charge in [-0.25, -0.2) is 0 Å². The Hall–Kier alpha value is -1.36. The highest BCUT2D eigenvalue weighted by Gasteiger charge is 2.36. The maximum absolute atomic E-state index is 12.6. The molecule has 1 fully saturated rings. The molecule has 0 aromatic rings. The van der Waals surface area contributed by atoms with Gasteiger partial charge >= 0.3 is 5.97 Å². The van der Waals surface area contributed by atoms with Crippen LogP contribution < -0.4 is 0 Å². The number of amides is 1. The predicted octanol–water partition coefficient (Wildman–Crippen LogP) is 1.45. The van der Waals surface area contributed by atoms with E-state index in [1.54, 1.807) is 4.90 Å². The molecule has 1 heterocycles. The highest BCUT2D eigenvalue weighted by molar-refractivity contribution is 5.85. The second-order valence-corrected chi connectivity index (χ2v) is 6.46. The van der Waals surface area contributed by atoms with Gasteiger partial charge in [0.15, 0.2) is 0 Å². The second-order valence-electron chi connectivity index (χ2n) is 6.46. The van der Waals surface area contributed by atoms with E-state index in [-0.39, 0.29) is 5.91 Å². The molecular weight excluding hydrogens is 268 g/mol. The quantitative estimate of drug-likeness (QED) is 0.797. The molecule has 0 aromatic carbocycles. The maximum atomic E-state index is 12.6. The number of carboxylic acid groups (broad SMARTS) is 1. The Morgan fingerprint density at radius 2 is 1.76 bits per heavy atom. The van der Waals surface area contributed by atoms with Crippen molar-refractivity contribution >= 4 is 11.9 Å². The minimum atomic E-state index is -0.856. The molecule has 0 unspecified atom stereocenters. The van der Waals surface area contributed by atoms with Crippen LogP contribution in [0.2, 0.25) is 0 Å². The van der Waals surface area contributed by atoms with E-state index in [0.29, 0.717) is 18.8 Å². The zero-order valence-electron chi connectivity index (χ0n) is 13.0. The van der Waals surface area contributed by atoms with Crippen molar-refractivity contribution in [2.24, 2.45) is 17.8 Å². The maximum Gasteiger partial charge on any atom is 0.307 e. The number of likely N-dealkylation sites (tertiary alicyclic amines) is 1. The Bertz CT molecular complexity index is 414. The topological polar surface area (TPSA) is 60.9 Å². The number of carboxylic acids is 1. The van der Waals surface area contributed by atoms with Crippen LogP contribution in [0.5, 0.6) is 0 Å². The number of hydrogen-bond acceptors (Lipinski definition) is 3. The van der Waals surface area contributed by atoms with E-state index in [4.69, 9.17) is 0 Å². The lowest BCUT2D eigenvalue weighted by Crippen LogP contribution is -2.43. The lowest BCUT2D eigenvalue weighted by molar-refractivity contribution is -0.150. The molecule has 1 aliphatic carbocycles. The molecule has 21 heavy (non-hydrogen) atoms. The summed E-state index contributed by atoms with van der Waals surface area (Å²) in [6, 6.07) is 0. The average Bonchev–Trinajstić information content (AvgIpc) is 2.48. The largest absolute Gasteiger partial charge is 0.481 e. The van der Waals surface area contributed by atoms with E-state index >= 15 is 0 Å². The number of nitrogens with zero attached hydrogens (tertiary/aromatic N) is 2. The summed E-state index contributed by atoms with van der Waals surface area (Å²) in [6.07, 6.45) is 7.05. The van der Waals surface area contributed by atoms with Crippen LogP contribution in [0.3, 0.4) is 0 Å². The third-order valence-electron chi connectivity index (χ3n) is 4.81. The van der Waals surface area contributed by atoms with Crippen molar-refractivity contribution in [2.75, 3.05) is 33.7 Å². The van der Waals surface area contributed by atoms with Gasteiger partial charge in [-0.2, -0.15) is 0 Å². The van der Waals surface area contributed by atoms with Gasteiger partial charge in [-0.1, -0.05) is 12.2 Å². The second kappa shape index (κ2) is 7.07. The summed E-state index contributed by atoms with van der Waals surface area (Å²) in [5, 5.41) is 9.28. The van der Waals surface area contributed by atoms with Crippen molar-refractivity contribution in [3.8, 4) is 0 Å².